The Kier molecular flexibility index (Phi) is 7.54. The fourth-order valence-corrected chi connectivity index (χ4v) is 3.51. The normalized spacial score (nSPS) is 12.2. The molecule has 2 N–H and O–H groups in total. The molecule has 0 radical (unpaired) electrons. The maximum Gasteiger partial charge on any atom is 0.0584 e. The molecule has 0 amide bonds. The first-order valence-electron chi connectivity index (χ1n) is 8.80. The third kappa shape index (κ3) is 4.24. The Labute approximate surface area is 166 Å². The molecule has 0 saturated heterocycles. The minimum Gasteiger partial charge on any atom is -0.395 e. The van der Waals surface area contributed by atoms with Crippen LogP contribution in [0.5, 0.6) is 0 Å². The summed E-state index contributed by atoms with van der Waals surface area (Å²) in [5, 5.41) is 15.0. The second kappa shape index (κ2) is 9.43. The summed E-state index contributed by atoms with van der Waals surface area (Å²) in [5.74, 6) is 0. The monoisotopic (exact) mass is 392 g/mol. The van der Waals surface area contributed by atoms with Gasteiger partial charge in [0.15, 0.2) is 0 Å². The first kappa shape index (κ1) is 20.8. The van der Waals surface area contributed by atoms with Gasteiger partial charge in [0.25, 0.3) is 0 Å². The lowest BCUT2D eigenvalue weighted by molar-refractivity contribution is 0.238. The van der Waals surface area contributed by atoms with Crippen LogP contribution in [-0.4, -0.2) is 22.3 Å². The minimum absolute atomic E-state index is 0. The summed E-state index contributed by atoms with van der Waals surface area (Å²) >= 11 is 6.37. The fourth-order valence-electron chi connectivity index (χ4n) is 3.31. The number of nitrogens with one attached hydrogen (secondary N) is 1. The highest BCUT2D eigenvalue weighted by Crippen LogP contribution is 2.28. The zero-order valence-corrected chi connectivity index (χ0v) is 16.8. The standard InChI is InChI=1S/C21H25ClN2O.ClH/c1-3-17(14-25)23-12-19-15(2)24(21-11-7-5-9-18(19)21)13-16-8-4-6-10-20(16)22;/h4-11,17,23,25H,3,12-14H2,1-2H3;1H. The lowest BCUT2D eigenvalue weighted by Gasteiger charge is -2.14. The van der Waals surface area contributed by atoms with Gasteiger partial charge in [0.05, 0.1) is 6.61 Å². The Hall–Kier alpha value is -1.52. The van der Waals surface area contributed by atoms with Crippen molar-refractivity contribution in [1.82, 2.24) is 9.88 Å². The molecule has 0 spiro atoms. The first-order chi connectivity index (χ1) is 12.2. The van der Waals surface area contributed by atoms with Crippen LogP contribution in [0.15, 0.2) is 48.5 Å². The van der Waals surface area contributed by atoms with Crippen molar-refractivity contribution in [2.75, 3.05) is 6.61 Å². The van der Waals surface area contributed by atoms with Crippen LogP contribution in [0.3, 0.4) is 0 Å². The number of halogens is 2. The number of benzene rings is 2. The SMILES string of the molecule is CCC(CO)NCc1c(C)n(Cc2ccccc2Cl)c2ccccc12.Cl. The first-order valence-corrected chi connectivity index (χ1v) is 9.17. The molecule has 3 nitrogen and oxygen atoms in total. The van der Waals surface area contributed by atoms with E-state index in [0.29, 0.717) is 0 Å². The van der Waals surface area contributed by atoms with E-state index in [1.165, 1.54) is 22.2 Å². The summed E-state index contributed by atoms with van der Waals surface area (Å²) in [7, 11) is 0. The smallest absolute Gasteiger partial charge is 0.0584 e. The lowest BCUT2D eigenvalue weighted by atomic mass is 10.1. The highest BCUT2D eigenvalue weighted by atomic mass is 35.5. The molecular weight excluding hydrogens is 367 g/mol. The number of aliphatic hydroxyl groups is 1. The lowest BCUT2D eigenvalue weighted by Crippen LogP contribution is -2.31. The molecule has 3 aromatic rings. The Balaban J connectivity index is 0.00000243. The summed E-state index contributed by atoms with van der Waals surface area (Å²) in [6.07, 6.45) is 0.911. The molecule has 1 unspecified atom stereocenters. The van der Waals surface area contributed by atoms with Gasteiger partial charge in [-0.05, 0) is 36.6 Å². The molecule has 140 valence electrons. The zero-order valence-electron chi connectivity index (χ0n) is 15.2. The molecule has 1 heterocycles. The molecule has 0 aliphatic heterocycles. The maximum atomic E-state index is 9.43. The van der Waals surface area contributed by atoms with Crippen molar-refractivity contribution < 1.29 is 5.11 Å². The van der Waals surface area contributed by atoms with E-state index in [9.17, 15) is 5.11 Å². The van der Waals surface area contributed by atoms with Gasteiger partial charge in [0, 0.05) is 40.8 Å². The van der Waals surface area contributed by atoms with Crippen molar-refractivity contribution >= 4 is 34.9 Å². The topological polar surface area (TPSA) is 37.2 Å². The van der Waals surface area contributed by atoms with E-state index in [4.69, 9.17) is 11.6 Å². The molecular formula is C21H26Cl2N2O. The molecule has 0 saturated carbocycles. The Morgan fingerprint density at radius 2 is 1.81 bits per heavy atom. The van der Waals surface area contributed by atoms with Crippen molar-refractivity contribution in [2.24, 2.45) is 0 Å². The van der Waals surface area contributed by atoms with Crippen LogP contribution in [0, 0.1) is 6.92 Å². The fraction of sp³-hybridized carbons (Fsp3) is 0.333. The van der Waals surface area contributed by atoms with Gasteiger partial charge in [0.2, 0.25) is 0 Å². The molecule has 0 fully saturated rings. The van der Waals surface area contributed by atoms with Crippen LogP contribution in [-0.2, 0) is 13.1 Å². The van der Waals surface area contributed by atoms with E-state index in [1.54, 1.807) is 0 Å². The number of rotatable bonds is 7. The van der Waals surface area contributed by atoms with Gasteiger partial charge in [-0.2, -0.15) is 0 Å². The van der Waals surface area contributed by atoms with Gasteiger partial charge >= 0.3 is 0 Å². The Morgan fingerprint density at radius 3 is 2.50 bits per heavy atom. The van der Waals surface area contributed by atoms with Gasteiger partial charge in [0.1, 0.15) is 0 Å². The van der Waals surface area contributed by atoms with Crippen molar-refractivity contribution in [3.8, 4) is 0 Å². The number of aromatic nitrogens is 1. The molecule has 0 aliphatic rings. The predicted molar refractivity (Wildman–Crippen MR) is 112 cm³/mol. The second-order valence-electron chi connectivity index (χ2n) is 6.43. The van der Waals surface area contributed by atoms with Crippen molar-refractivity contribution in [1.29, 1.82) is 0 Å². The Morgan fingerprint density at radius 1 is 1.12 bits per heavy atom. The summed E-state index contributed by atoms with van der Waals surface area (Å²) < 4.78 is 2.33. The van der Waals surface area contributed by atoms with Gasteiger partial charge in [-0.25, -0.2) is 0 Å². The molecule has 1 aromatic heterocycles. The summed E-state index contributed by atoms with van der Waals surface area (Å²) in [6.45, 7) is 5.91. The summed E-state index contributed by atoms with van der Waals surface area (Å²) in [6, 6.07) is 16.6. The number of fused-ring (bicyclic) bond motifs is 1. The Bertz CT molecular complexity index is 856. The molecule has 2 aromatic carbocycles. The molecule has 0 bridgehead atoms. The van der Waals surface area contributed by atoms with Gasteiger partial charge < -0.3 is 15.0 Å². The van der Waals surface area contributed by atoms with E-state index < -0.39 is 0 Å². The van der Waals surface area contributed by atoms with Crippen LogP contribution in [0.4, 0.5) is 0 Å². The van der Waals surface area contributed by atoms with Gasteiger partial charge in [-0.1, -0.05) is 54.9 Å². The third-order valence-electron chi connectivity index (χ3n) is 4.93. The van der Waals surface area contributed by atoms with E-state index in [1.807, 2.05) is 18.2 Å². The van der Waals surface area contributed by atoms with Crippen molar-refractivity contribution in [3.63, 3.8) is 0 Å². The highest BCUT2D eigenvalue weighted by Gasteiger charge is 2.15. The highest BCUT2D eigenvalue weighted by molar-refractivity contribution is 6.31. The molecule has 1 atom stereocenters. The van der Waals surface area contributed by atoms with E-state index in [2.05, 4.69) is 54.1 Å². The number of hydrogen-bond donors (Lipinski definition) is 2. The molecule has 3 rings (SSSR count). The van der Waals surface area contributed by atoms with E-state index >= 15 is 0 Å². The molecule has 26 heavy (non-hydrogen) atoms. The van der Waals surface area contributed by atoms with Crippen molar-refractivity contribution in [3.05, 3.63) is 70.4 Å². The van der Waals surface area contributed by atoms with Crippen molar-refractivity contribution in [2.45, 2.75) is 39.4 Å². The predicted octanol–water partition coefficient (Wildman–Crippen LogP) is 4.93. The van der Waals surface area contributed by atoms with E-state index in [-0.39, 0.29) is 25.1 Å². The van der Waals surface area contributed by atoms with Crippen LogP contribution in [0.2, 0.25) is 5.02 Å². The zero-order chi connectivity index (χ0) is 17.8. The van der Waals surface area contributed by atoms with E-state index in [0.717, 1.165) is 30.1 Å². The minimum atomic E-state index is 0. The van der Waals surface area contributed by atoms with Gasteiger partial charge in [-0.15, -0.1) is 12.4 Å². The summed E-state index contributed by atoms with van der Waals surface area (Å²) in [5.41, 5.74) is 4.86. The number of para-hydroxylation sites is 1. The average molecular weight is 393 g/mol. The quantitative estimate of drug-likeness (QED) is 0.597. The average Bonchev–Trinajstić information content (AvgIpc) is 2.90. The summed E-state index contributed by atoms with van der Waals surface area (Å²) in [4.78, 5) is 0. The number of hydrogen-bond acceptors (Lipinski definition) is 2. The third-order valence-corrected chi connectivity index (χ3v) is 5.30. The largest absolute Gasteiger partial charge is 0.395 e. The van der Waals surface area contributed by atoms with Crippen LogP contribution < -0.4 is 5.32 Å². The number of aliphatic hydroxyl groups excluding tert-OH is 1. The van der Waals surface area contributed by atoms with Crippen LogP contribution in [0.25, 0.3) is 10.9 Å². The molecule has 0 aliphatic carbocycles. The molecule has 5 heteroatoms. The second-order valence-corrected chi connectivity index (χ2v) is 6.83. The maximum absolute atomic E-state index is 9.43. The number of nitrogens with zero attached hydrogens (tertiary/aromatic N) is 1. The van der Waals surface area contributed by atoms with Crippen LogP contribution >= 0.6 is 24.0 Å². The van der Waals surface area contributed by atoms with Gasteiger partial charge in [-0.3, -0.25) is 0 Å². The van der Waals surface area contributed by atoms with Crippen LogP contribution in [0.1, 0.15) is 30.2 Å².